The summed E-state index contributed by atoms with van der Waals surface area (Å²) in [4.78, 5) is 2.74. The Morgan fingerprint density at radius 2 is 2.00 bits per heavy atom. The Balaban J connectivity index is 0.000000963. The minimum Gasteiger partial charge on any atom is -0.316 e. The summed E-state index contributed by atoms with van der Waals surface area (Å²) in [6.07, 6.45) is 5.84. The van der Waals surface area contributed by atoms with Gasteiger partial charge in [-0.15, -0.1) is 12.4 Å². The lowest BCUT2D eigenvalue weighted by molar-refractivity contribution is 0.0510. The molecular formula is C13H25ClN2. The summed E-state index contributed by atoms with van der Waals surface area (Å²) < 4.78 is 0. The van der Waals surface area contributed by atoms with E-state index in [1.807, 2.05) is 0 Å². The number of rotatable bonds is 2. The molecule has 3 aliphatic rings. The topological polar surface area (TPSA) is 15.3 Å². The molecule has 0 bridgehead atoms. The van der Waals surface area contributed by atoms with Gasteiger partial charge in [-0.05, 0) is 56.1 Å². The van der Waals surface area contributed by atoms with Gasteiger partial charge in [-0.25, -0.2) is 0 Å². The fourth-order valence-corrected chi connectivity index (χ4v) is 3.73. The number of halogens is 1. The lowest BCUT2D eigenvalue weighted by Crippen LogP contribution is -2.46. The number of nitrogens with one attached hydrogen (secondary N) is 1. The first-order valence-electron chi connectivity index (χ1n) is 6.68. The zero-order valence-electron chi connectivity index (χ0n) is 10.4. The van der Waals surface area contributed by atoms with E-state index in [9.17, 15) is 0 Å². The molecule has 3 rings (SSSR count). The van der Waals surface area contributed by atoms with E-state index >= 15 is 0 Å². The highest BCUT2D eigenvalue weighted by Crippen LogP contribution is 2.41. The largest absolute Gasteiger partial charge is 0.316 e. The van der Waals surface area contributed by atoms with Crippen molar-refractivity contribution in [2.45, 2.75) is 32.6 Å². The normalized spacial score (nSPS) is 37.3. The highest BCUT2D eigenvalue weighted by atomic mass is 35.5. The second-order valence-electron chi connectivity index (χ2n) is 6.37. The molecule has 3 heteroatoms. The lowest BCUT2D eigenvalue weighted by Gasteiger charge is -2.45. The van der Waals surface area contributed by atoms with Crippen LogP contribution in [0.25, 0.3) is 0 Å². The lowest BCUT2D eigenvalue weighted by atomic mass is 9.70. The average molecular weight is 245 g/mol. The van der Waals surface area contributed by atoms with E-state index in [2.05, 4.69) is 17.1 Å². The average Bonchev–Trinajstić information content (AvgIpc) is 2.62. The molecular weight excluding hydrogens is 220 g/mol. The van der Waals surface area contributed by atoms with Gasteiger partial charge in [-0.1, -0.05) is 13.3 Å². The van der Waals surface area contributed by atoms with Crippen LogP contribution in [-0.2, 0) is 0 Å². The third-order valence-corrected chi connectivity index (χ3v) is 4.95. The van der Waals surface area contributed by atoms with Crippen LogP contribution in [0.3, 0.4) is 0 Å². The Labute approximate surface area is 106 Å². The first-order chi connectivity index (χ1) is 7.25. The SMILES string of the molecule is CC1(CN2CCC3CNCC3C2)CCC1.Cl. The highest BCUT2D eigenvalue weighted by molar-refractivity contribution is 5.85. The van der Waals surface area contributed by atoms with Gasteiger partial charge >= 0.3 is 0 Å². The van der Waals surface area contributed by atoms with Crippen LogP contribution >= 0.6 is 12.4 Å². The van der Waals surface area contributed by atoms with Crippen molar-refractivity contribution in [1.29, 1.82) is 0 Å². The second-order valence-corrected chi connectivity index (χ2v) is 6.37. The Kier molecular flexibility index (Phi) is 3.82. The molecule has 0 aromatic rings. The van der Waals surface area contributed by atoms with Crippen LogP contribution in [0.1, 0.15) is 32.6 Å². The van der Waals surface area contributed by atoms with Crippen molar-refractivity contribution < 1.29 is 0 Å². The van der Waals surface area contributed by atoms with Crippen LogP contribution in [-0.4, -0.2) is 37.6 Å². The zero-order chi connectivity index (χ0) is 10.3. The van der Waals surface area contributed by atoms with Crippen molar-refractivity contribution in [1.82, 2.24) is 10.2 Å². The van der Waals surface area contributed by atoms with Crippen LogP contribution in [0.5, 0.6) is 0 Å². The molecule has 2 unspecified atom stereocenters. The van der Waals surface area contributed by atoms with Gasteiger partial charge in [0.05, 0.1) is 0 Å². The van der Waals surface area contributed by atoms with Crippen LogP contribution in [0.15, 0.2) is 0 Å². The summed E-state index contributed by atoms with van der Waals surface area (Å²) in [5, 5.41) is 3.55. The molecule has 2 nitrogen and oxygen atoms in total. The van der Waals surface area contributed by atoms with Gasteiger partial charge in [0.15, 0.2) is 0 Å². The van der Waals surface area contributed by atoms with Crippen molar-refractivity contribution in [3.8, 4) is 0 Å². The molecule has 0 spiro atoms. The minimum absolute atomic E-state index is 0. The Bertz CT molecular complexity index is 240. The number of fused-ring (bicyclic) bond motifs is 1. The monoisotopic (exact) mass is 244 g/mol. The van der Waals surface area contributed by atoms with Crippen molar-refractivity contribution in [2.75, 3.05) is 32.7 Å². The molecule has 2 heterocycles. The van der Waals surface area contributed by atoms with Crippen molar-refractivity contribution in [3.05, 3.63) is 0 Å². The Morgan fingerprint density at radius 1 is 1.25 bits per heavy atom. The summed E-state index contributed by atoms with van der Waals surface area (Å²) in [7, 11) is 0. The Hall–Kier alpha value is 0.210. The smallest absolute Gasteiger partial charge is 0.00355 e. The third-order valence-electron chi connectivity index (χ3n) is 4.95. The van der Waals surface area contributed by atoms with E-state index in [1.165, 1.54) is 58.4 Å². The molecule has 0 radical (unpaired) electrons. The molecule has 0 aromatic heterocycles. The highest BCUT2D eigenvalue weighted by Gasteiger charge is 2.38. The van der Waals surface area contributed by atoms with Crippen LogP contribution < -0.4 is 5.32 Å². The number of nitrogens with zero attached hydrogens (tertiary/aromatic N) is 1. The molecule has 3 fully saturated rings. The summed E-state index contributed by atoms with van der Waals surface area (Å²) in [6.45, 7) is 9.14. The maximum absolute atomic E-state index is 3.55. The number of hydrogen-bond donors (Lipinski definition) is 1. The van der Waals surface area contributed by atoms with E-state index in [4.69, 9.17) is 0 Å². The number of piperidine rings is 1. The van der Waals surface area contributed by atoms with Gasteiger partial charge < -0.3 is 10.2 Å². The maximum Gasteiger partial charge on any atom is 0.00355 e. The van der Waals surface area contributed by atoms with Gasteiger partial charge in [0.1, 0.15) is 0 Å². The molecule has 1 N–H and O–H groups in total. The fraction of sp³-hybridized carbons (Fsp3) is 1.00. The summed E-state index contributed by atoms with van der Waals surface area (Å²) in [5.74, 6) is 1.96. The summed E-state index contributed by atoms with van der Waals surface area (Å²) >= 11 is 0. The predicted molar refractivity (Wildman–Crippen MR) is 70.1 cm³/mol. The van der Waals surface area contributed by atoms with Crippen LogP contribution in [0.4, 0.5) is 0 Å². The molecule has 1 saturated carbocycles. The minimum atomic E-state index is 0. The van der Waals surface area contributed by atoms with Gasteiger partial charge in [0.2, 0.25) is 0 Å². The first-order valence-corrected chi connectivity index (χ1v) is 6.68. The van der Waals surface area contributed by atoms with Crippen molar-refractivity contribution in [2.24, 2.45) is 17.3 Å². The van der Waals surface area contributed by atoms with Gasteiger partial charge in [-0.2, -0.15) is 0 Å². The quantitative estimate of drug-likeness (QED) is 0.801. The molecule has 2 aliphatic heterocycles. The molecule has 2 saturated heterocycles. The zero-order valence-corrected chi connectivity index (χ0v) is 11.2. The number of likely N-dealkylation sites (tertiary alicyclic amines) is 1. The van der Waals surface area contributed by atoms with Crippen molar-refractivity contribution >= 4 is 12.4 Å². The first kappa shape index (κ1) is 12.7. The van der Waals surface area contributed by atoms with Gasteiger partial charge in [0.25, 0.3) is 0 Å². The molecule has 0 amide bonds. The van der Waals surface area contributed by atoms with Crippen LogP contribution in [0.2, 0.25) is 0 Å². The van der Waals surface area contributed by atoms with E-state index in [-0.39, 0.29) is 12.4 Å². The van der Waals surface area contributed by atoms with E-state index in [1.54, 1.807) is 0 Å². The standard InChI is InChI=1S/C13H24N2.ClH/c1-13(4-2-5-13)10-15-6-3-11-7-14-8-12(11)9-15;/h11-12,14H,2-10H2,1H3;1H. The van der Waals surface area contributed by atoms with Gasteiger partial charge in [-0.3, -0.25) is 0 Å². The molecule has 1 aliphatic carbocycles. The molecule has 2 atom stereocenters. The summed E-state index contributed by atoms with van der Waals surface area (Å²) in [5.41, 5.74) is 0.679. The molecule has 94 valence electrons. The predicted octanol–water partition coefficient (Wildman–Crippen LogP) is 2.14. The molecule has 0 aromatic carbocycles. The summed E-state index contributed by atoms with van der Waals surface area (Å²) in [6, 6.07) is 0. The fourth-order valence-electron chi connectivity index (χ4n) is 3.73. The maximum atomic E-state index is 3.55. The molecule has 16 heavy (non-hydrogen) atoms. The van der Waals surface area contributed by atoms with Crippen LogP contribution in [0, 0.1) is 17.3 Å². The Morgan fingerprint density at radius 3 is 2.69 bits per heavy atom. The van der Waals surface area contributed by atoms with Gasteiger partial charge in [0, 0.05) is 13.1 Å². The second kappa shape index (κ2) is 4.83. The third kappa shape index (κ3) is 2.39. The van der Waals surface area contributed by atoms with E-state index < -0.39 is 0 Å². The van der Waals surface area contributed by atoms with E-state index in [0.29, 0.717) is 5.41 Å². The van der Waals surface area contributed by atoms with E-state index in [0.717, 1.165) is 11.8 Å². The number of hydrogen-bond acceptors (Lipinski definition) is 2. The van der Waals surface area contributed by atoms with Crippen molar-refractivity contribution in [3.63, 3.8) is 0 Å².